The molecule has 1 nitrogen and oxygen atoms in total. The van der Waals surface area contributed by atoms with Crippen LogP contribution in [0.1, 0.15) is 6.92 Å². The Balaban J connectivity index is 0.000000711. The van der Waals surface area contributed by atoms with Crippen molar-refractivity contribution in [2.24, 2.45) is 0 Å². The number of hydrogen-bond acceptors (Lipinski definition) is 1. The number of benzene rings is 2. The van der Waals surface area contributed by atoms with Crippen molar-refractivity contribution < 1.29 is 19.5 Å². The number of para-hydroxylation sites is 2. The van der Waals surface area contributed by atoms with Gasteiger partial charge >= 0.3 is 0 Å². The Hall–Kier alpha value is -1.14. The average molecular weight is 264 g/mol. The van der Waals surface area contributed by atoms with E-state index in [4.69, 9.17) is 0 Å². The van der Waals surface area contributed by atoms with Gasteiger partial charge in [-0.2, -0.15) is 6.92 Å². The Morgan fingerprint density at radius 2 is 1.00 bits per heavy atom. The standard InChI is InChI=1S/C12H11N.C2H5.Zn/c1-3-7-11(8-4-1)13-12-9-5-2-6-10-12;1-2;/h1-10,13H;1H2,2H3;/q;-1;. The first-order valence-corrected chi connectivity index (χ1v) is 5.03. The molecule has 0 amide bonds. The van der Waals surface area contributed by atoms with Gasteiger partial charge in [0.25, 0.3) is 0 Å². The average Bonchev–Trinajstić information content (AvgIpc) is 2.34. The molecule has 0 heterocycles. The van der Waals surface area contributed by atoms with Gasteiger partial charge in [-0.1, -0.05) is 36.4 Å². The van der Waals surface area contributed by atoms with Crippen molar-refractivity contribution in [1.29, 1.82) is 0 Å². The van der Waals surface area contributed by atoms with Gasteiger partial charge in [0.1, 0.15) is 0 Å². The molecule has 80 valence electrons. The molecule has 0 saturated carbocycles. The SMILES string of the molecule is [CH2-]C.[Zn].c1ccc(Nc2ccccc2)cc1. The first-order chi connectivity index (χ1) is 7.45. The first-order valence-electron chi connectivity index (χ1n) is 5.03. The minimum absolute atomic E-state index is 0. The van der Waals surface area contributed by atoms with Crippen molar-refractivity contribution in [2.45, 2.75) is 6.92 Å². The summed E-state index contributed by atoms with van der Waals surface area (Å²) in [6.07, 6.45) is 0. The zero-order chi connectivity index (χ0) is 10.9. The molecule has 0 aliphatic carbocycles. The summed E-state index contributed by atoms with van der Waals surface area (Å²) in [5, 5.41) is 3.30. The second-order valence-electron chi connectivity index (χ2n) is 2.86. The van der Waals surface area contributed by atoms with Crippen LogP contribution in [-0.2, 0) is 19.5 Å². The third kappa shape index (κ3) is 5.09. The summed E-state index contributed by atoms with van der Waals surface area (Å²) in [4.78, 5) is 0. The zero-order valence-corrected chi connectivity index (χ0v) is 12.7. The fourth-order valence-electron chi connectivity index (χ4n) is 1.21. The van der Waals surface area contributed by atoms with E-state index in [-0.39, 0.29) is 19.5 Å². The summed E-state index contributed by atoms with van der Waals surface area (Å²) < 4.78 is 0. The number of anilines is 2. The molecule has 0 bridgehead atoms. The molecule has 0 aliphatic heterocycles. The van der Waals surface area contributed by atoms with Crippen molar-refractivity contribution >= 4 is 11.4 Å². The van der Waals surface area contributed by atoms with Crippen molar-refractivity contribution in [3.8, 4) is 0 Å². The molecular weight excluding hydrogens is 248 g/mol. The van der Waals surface area contributed by atoms with Crippen LogP contribution < -0.4 is 5.32 Å². The second kappa shape index (κ2) is 9.12. The summed E-state index contributed by atoms with van der Waals surface area (Å²) in [6.45, 7) is 5.00. The summed E-state index contributed by atoms with van der Waals surface area (Å²) in [5.74, 6) is 0. The van der Waals surface area contributed by atoms with Crippen LogP contribution in [0.5, 0.6) is 0 Å². The predicted octanol–water partition coefficient (Wildman–Crippen LogP) is 4.27. The van der Waals surface area contributed by atoms with Crippen molar-refractivity contribution in [3.05, 3.63) is 67.6 Å². The van der Waals surface area contributed by atoms with Gasteiger partial charge in [-0.15, -0.1) is 0 Å². The van der Waals surface area contributed by atoms with Crippen LogP contribution in [0.25, 0.3) is 0 Å². The minimum Gasteiger partial charge on any atom is -0.356 e. The normalized spacial score (nSPS) is 8.12. The molecule has 1 N–H and O–H groups in total. The molecule has 2 rings (SSSR count). The van der Waals surface area contributed by atoms with Gasteiger partial charge in [0.05, 0.1) is 0 Å². The van der Waals surface area contributed by atoms with E-state index in [0.29, 0.717) is 0 Å². The van der Waals surface area contributed by atoms with Gasteiger partial charge < -0.3 is 12.2 Å². The Morgan fingerprint density at radius 3 is 1.31 bits per heavy atom. The van der Waals surface area contributed by atoms with E-state index in [1.54, 1.807) is 6.92 Å². The maximum absolute atomic E-state index is 3.30. The van der Waals surface area contributed by atoms with Gasteiger partial charge in [-0.3, -0.25) is 0 Å². The molecule has 2 aromatic carbocycles. The zero-order valence-electron chi connectivity index (χ0n) is 9.69. The van der Waals surface area contributed by atoms with Crippen LogP contribution in [-0.4, -0.2) is 0 Å². The Labute approximate surface area is 111 Å². The van der Waals surface area contributed by atoms with Crippen LogP contribution in [0.3, 0.4) is 0 Å². The molecule has 0 unspecified atom stereocenters. The maximum Gasteiger partial charge on any atom is 0.0384 e. The summed E-state index contributed by atoms with van der Waals surface area (Å²) in [7, 11) is 0. The fourth-order valence-corrected chi connectivity index (χ4v) is 1.21. The van der Waals surface area contributed by atoms with Crippen LogP contribution in [0.15, 0.2) is 60.7 Å². The molecule has 16 heavy (non-hydrogen) atoms. The number of nitrogens with one attached hydrogen (secondary N) is 1. The number of hydrogen-bond donors (Lipinski definition) is 1. The van der Waals surface area contributed by atoms with Crippen LogP contribution in [0.4, 0.5) is 11.4 Å². The molecule has 0 aliphatic rings. The van der Waals surface area contributed by atoms with E-state index in [2.05, 4.69) is 12.2 Å². The van der Waals surface area contributed by atoms with Gasteiger partial charge in [0, 0.05) is 30.9 Å². The summed E-state index contributed by atoms with van der Waals surface area (Å²) >= 11 is 0. The van der Waals surface area contributed by atoms with Crippen molar-refractivity contribution in [1.82, 2.24) is 0 Å². The summed E-state index contributed by atoms with van der Waals surface area (Å²) in [6, 6.07) is 20.3. The van der Waals surface area contributed by atoms with E-state index >= 15 is 0 Å². The van der Waals surface area contributed by atoms with E-state index < -0.39 is 0 Å². The third-order valence-electron chi connectivity index (χ3n) is 1.84. The Kier molecular flexibility index (Phi) is 8.47. The maximum atomic E-state index is 3.30. The third-order valence-corrected chi connectivity index (χ3v) is 1.84. The smallest absolute Gasteiger partial charge is 0.0384 e. The molecule has 2 aromatic rings. The van der Waals surface area contributed by atoms with Crippen molar-refractivity contribution in [3.63, 3.8) is 0 Å². The van der Waals surface area contributed by atoms with E-state index in [9.17, 15) is 0 Å². The van der Waals surface area contributed by atoms with Gasteiger partial charge in [0.2, 0.25) is 0 Å². The molecule has 0 spiro atoms. The van der Waals surface area contributed by atoms with Crippen LogP contribution in [0, 0.1) is 6.92 Å². The van der Waals surface area contributed by atoms with Crippen LogP contribution in [0.2, 0.25) is 0 Å². The monoisotopic (exact) mass is 262 g/mol. The first kappa shape index (κ1) is 14.9. The molecule has 0 atom stereocenters. The number of rotatable bonds is 2. The topological polar surface area (TPSA) is 12.0 Å². The fraction of sp³-hybridized carbons (Fsp3) is 0.0714. The van der Waals surface area contributed by atoms with Crippen LogP contribution >= 0.6 is 0 Å². The quantitative estimate of drug-likeness (QED) is 0.630. The van der Waals surface area contributed by atoms with E-state index in [1.165, 1.54) is 0 Å². The summed E-state index contributed by atoms with van der Waals surface area (Å²) in [5.41, 5.74) is 2.24. The minimum atomic E-state index is 0. The molecular formula is C14H16NZn-. The Morgan fingerprint density at radius 1 is 0.688 bits per heavy atom. The second-order valence-corrected chi connectivity index (χ2v) is 2.86. The Bertz CT molecular complexity index is 322. The molecule has 0 aromatic heterocycles. The largest absolute Gasteiger partial charge is 0.356 e. The molecule has 2 heteroatoms. The molecule has 0 saturated heterocycles. The molecule has 0 radical (unpaired) electrons. The van der Waals surface area contributed by atoms with Crippen molar-refractivity contribution in [2.75, 3.05) is 5.32 Å². The van der Waals surface area contributed by atoms with E-state index in [1.807, 2.05) is 60.7 Å². The predicted molar refractivity (Wildman–Crippen MR) is 67.2 cm³/mol. The van der Waals surface area contributed by atoms with E-state index in [0.717, 1.165) is 11.4 Å². The molecule has 0 fully saturated rings. The van der Waals surface area contributed by atoms with Gasteiger partial charge in [-0.05, 0) is 24.3 Å². The van der Waals surface area contributed by atoms with Gasteiger partial charge in [-0.25, -0.2) is 0 Å². The van der Waals surface area contributed by atoms with Gasteiger partial charge in [0.15, 0.2) is 0 Å².